The first kappa shape index (κ1) is 13.9. The van der Waals surface area contributed by atoms with Crippen LogP contribution in [-0.2, 0) is 12.8 Å². The fourth-order valence-electron chi connectivity index (χ4n) is 1.82. The molecule has 1 amide bonds. The van der Waals surface area contributed by atoms with Crippen molar-refractivity contribution in [3.8, 4) is 5.75 Å². The maximum absolute atomic E-state index is 13.6. The minimum Gasteiger partial charge on any atom is -0.503 e. The molecule has 2 aromatic rings. The van der Waals surface area contributed by atoms with E-state index in [0.29, 0.717) is 6.42 Å². The molecular formula is C14H12F2N2O2. The number of amides is 1. The van der Waals surface area contributed by atoms with Crippen molar-refractivity contribution in [1.29, 1.82) is 0 Å². The zero-order chi connectivity index (χ0) is 14.7. The maximum atomic E-state index is 13.6. The Morgan fingerprint density at radius 2 is 2.00 bits per heavy atom. The highest BCUT2D eigenvalue weighted by molar-refractivity contribution is 5.90. The molecule has 1 aromatic heterocycles. The van der Waals surface area contributed by atoms with Crippen LogP contribution in [0.4, 0.5) is 8.78 Å². The highest BCUT2D eigenvalue weighted by Crippen LogP contribution is 2.23. The number of carbonyl (C=O) groups is 1. The zero-order valence-corrected chi connectivity index (χ0v) is 10.4. The molecule has 0 aliphatic carbocycles. The summed E-state index contributed by atoms with van der Waals surface area (Å²) >= 11 is 0. The van der Waals surface area contributed by atoms with Gasteiger partial charge >= 0.3 is 0 Å². The van der Waals surface area contributed by atoms with Gasteiger partial charge in [0.05, 0.1) is 0 Å². The molecule has 0 spiro atoms. The van der Waals surface area contributed by atoms with Crippen molar-refractivity contribution in [1.82, 2.24) is 4.98 Å². The Morgan fingerprint density at radius 1 is 1.25 bits per heavy atom. The van der Waals surface area contributed by atoms with E-state index in [1.165, 1.54) is 18.3 Å². The van der Waals surface area contributed by atoms with E-state index in [4.69, 9.17) is 5.73 Å². The topological polar surface area (TPSA) is 76.2 Å². The third-order valence-electron chi connectivity index (χ3n) is 2.91. The number of aryl methyl sites for hydroxylation is 2. The van der Waals surface area contributed by atoms with Gasteiger partial charge in [0, 0.05) is 6.20 Å². The number of benzene rings is 1. The summed E-state index contributed by atoms with van der Waals surface area (Å²) in [6.45, 7) is 0. The molecule has 0 bridgehead atoms. The summed E-state index contributed by atoms with van der Waals surface area (Å²) in [5.74, 6) is -3.58. The number of rotatable bonds is 4. The average molecular weight is 278 g/mol. The molecule has 104 valence electrons. The van der Waals surface area contributed by atoms with E-state index in [-0.39, 0.29) is 17.7 Å². The van der Waals surface area contributed by atoms with E-state index in [0.717, 1.165) is 11.6 Å². The van der Waals surface area contributed by atoms with E-state index in [1.54, 1.807) is 6.07 Å². The van der Waals surface area contributed by atoms with Crippen molar-refractivity contribution >= 4 is 5.91 Å². The summed E-state index contributed by atoms with van der Waals surface area (Å²) in [7, 11) is 0. The smallest absolute Gasteiger partial charge is 0.267 e. The van der Waals surface area contributed by atoms with E-state index < -0.39 is 23.3 Å². The number of nitrogens with zero attached hydrogens (tertiary/aromatic N) is 1. The average Bonchev–Trinajstić information content (AvgIpc) is 2.44. The minimum atomic E-state index is -0.994. The summed E-state index contributed by atoms with van der Waals surface area (Å²) in [4.78, 5) is 14.8. The van der Waals surface area contributed by atoms with Crippen LogP contribution < -0.4 is 5.73 Å². The summed E-state index contributed by atoms with van der Waals surface area (Å²) < 4.78 is 26.5. The number of halogens is 2. The molecule has 0 saturated carbocycles. The van der Waals surface area contributed by atoms with Gasteiger partial charge in [-0.1, -0.05) is 6.07 Å². The Hall–Kier alpha value is -2.50. The lowest BCUT2D eigenvalue weighted by Crippen LogP contribution is -2.13. The predicted octanol–water partition coefficient (Wildman–Crippen LogP) is 1.95. The molecule has 3 N–H and O–H groups in total. The molecule has 0 aliphatic rings. The third kappa shape index (κ3) is 2.90. The predicted molar refractivity (Wildman–Crippen MR) is 68.2 cm³/mol. The Morgan fingerprint density at radius 3 is 2.70 bits per heavy atom. The molecule has 0 saturated heterocycles. The van der Waals surface area contributed by atoms with Gasteiger partial charge < -0.3 is 10.8 Å². The molecule has 6 heteroatoms. The summed E-state index contributed by atoms with van der Waals surface area (Å²) in [6, 6.07) is 5.48. The normalized spacial score (nSPS) is 10.5. The molecule has 1 aromatic carbocycles. The number of nitrogens with two attached hydrogens (primary N) is 1. The van der Waals surface area contributed by atoms with E-state index >= 15 is 0 Å². The number of carbonyl (C=O) groups excluding carboxylic acids is 1. The van der Waals surface area contributed by atoms with E-state index in [2.05, 4.69) is 4.98 Å². The Labute approximate surface area is 113 Å². The van der Waals surface area contributed by atoms with Crippen LogP contribution in [0.2, 0.25) is 0 Å². The molecule has 20 heavy (non-hydrogen) atoms. The number of primary amides is 1. The summed E-state index contributed by atoms with van der Waals surface area (Å²) in [5, 5.41) is 9.18. The van der Waals surface area contributed by atoms with Crippen LogP contribution >= 0.6 is 0 Å². The molecule has 2 rings (SSSR count). The van der Waals surface area contributed by atoms with Gasteiger partial charge in [-0.3, -0.25) is 9.78 Å². The van der Waals surface area contributed by atoms with Gasteiger partial charge in [0.1, 0.15) is 5.69 Å². The monoisotopic (exact) mass is 278 g/mol. The van der Waals surface area contributed by atoms with Crippen molar-refractivity contribution in [2.24, 2.45) is 5.73 Å². The van der Waals surface area contributed by atoms with Crippen LogP contribution in [0.15, 0.2) is 30.5 Å². The largest absolute Gasteiger partial charge is 0.503 e. The number of pyridine rings is 1. The van der Waals surface area contributed by atoms with Crippen LogP contribution in [0.25, 0.3) is 0 Å². The number of hydrogen-bond acceptors (Lipinski definition) is 3. The molecule has 0 fully saturated rings. The van der Waals surface area contributed by atoms with Crippen LogP contribution in [-0.4, -0.2) is 16.0 Å². The lowest BCUT2D eigenvalue weighted by Gasteiger charge is -2.06. The SMILES string of the molecule is NC(=O)c1cc(CCc2ccc(F)c(O)c2F)ccn1. The van der Waals surface area contributed by atoms with Crippen molar-refractivity contribution in [3.63, 3.8) is 0 Å². The minimum absolute atomic E-state index is 0.130. The third-order valence-corrected chi connectivity index (χ3v) is 2.91. The zero-order valence-electron chi connectivity index (χ0n) is 10.4. The van der Waals surface area contributed by atoms with Gasteiger partial charge in [-0.15, -0.1) is 0 Å². The van der Waals surface area contributed by atoms with Gasteiger partial charge in [0.15, 0.2) is 17.4 Å². The van der Waals surface area contributed by atoms with Crippen LogP contribution in [0, 0.1) is 11.6 Å². The fraction of sp³-hybridized carbons (Fsp3) is 0.143. The van der Waals surface area contributed by atoms with Gasteiger partial charge in [-0.2, -0.15) is 0 Å². The van der Waals surface area contributed by atoms with E-state index in [1.807, 2.05) is 0 Å². The van der Waals surface area contributed by atoms with Crippen molar-refractivity contribution in [3.05, 3.63) is 58.9 Å². The first-order valence-electron chi connectivity index (χ1n) is 5.89. The second-order valence-electron chi connectivity index (χ2n) is 4.28. The standard InChI is InChI=1S/C14H12F2N2O2/c15-10-4-3-9(12(16)13(10)19)2-1-8-5-6-18-11(7-8)14(17)20/h3-7,19H,1-2H2,(H2,17,20). The Balaban J connectivity index is 2.15. The highest BCUT2D eigenvalue weighted by atomic mass is 19.1. The number of aromatic nitrogens is 1. The molecule has 4 nitrogen and oxygen atoms in total. The first-order chi connectivity index (χ1) is 9.49. The van der Waals surface area contributed by atoms with Crippen molar-refractivity contribution in [2.75, 3.05) is 0 Å². The number of phenols is 1. The van der Waals surface area contributed by atoms with Crippen LogP contribution in [0.1, 0.15) is 21.6 Å². The second kappa shape index (κ2) is 5.64. The fourth-order valence-corrected chi connectivity index (χ4v) is 1.82. The quantitative estimate of drug-likeness (QED) is 0.897. The van der Waals surface area contributed by atoms with Crippen LogP contribution in [0.3, 0.4) is 0 Å². The number of aromatic hydroxyl groups is 1. The second-order valence-corrected chi connectivity index (χ2v) is 4.28. The molecule has 0 atom stereocenters. The molecule has 1 heterocycles. The molecule has 0 aliphatic heterocycles. The first-order valence-corrected chi connectivity index (χ1v) is 5.89. The molecule has 0 unspecified atom stereocenters. The highest BCUT2D eigenvalue weighted by Gasteiger charge is 2.12. The van der Waals surface area contributed by atoms with Crippen molar-refractivity contribution < 1.29 is 18.7 Å². The molecule has 0 radical (unpaired) electrons. The number of hydrogen-bond donors (Lipinski definition) is 2. The van der Waals surface area contributed by atoms with Crippen molar-refractivity contribution in [2.45, 2.75) is 12.8 Å². The lowest BCUT2D eigenvalue weighted by molar-refractivity contribution is 0.0995. The van der Waals surface area contributed by atoms with Gasteiger partial charge in [0.2, 0.25) is 0 Å². The Bertz CT molecular complexity index is 660. The van der Waals surface area contributed by atoms with Gasteiger partial charge in [-0.25, -0.2) is 8.78 Å². The van der Waals surface area contributed by atoms with Gasteiger partial charge in [-0.05, 0) is 42.2 Å². The lowest BCUT2D eigenvalue weighted by atomic mass is 10.0. The molecular weight excluding hydrogens is 266 g/mol. The number of phenolic OH excluding ortho intramolecular Hbond substituents is 1. The summed E-state index contributed by atoms with van der Waals surface area (Å²) in [6.07, 6.45) is 2.10. The maximum Gasteiger partial charge on any atom is 0.267 e. The Kier molecular flexibility index (Phi) is 3.93. The summed E-state index contributed by atoms with van der Waals surface area (Å²) in [5.41, 5.74) is 6.19. The van der Waals surface area contributed by atoms with Gasteiger partial charge in [0.25, 0.3) is 5.91 Å². The van der Waals surface area contributed by atoms with E-state index in [9.17, 15) is 18.7 Å². The van der Waals surface area contributed by atoms with Crippen LogP contribution in [0.5, 0.6) is 5.75 Å².